The molecule has 0 unspecified atom stereocenters. The third-order valence-corrected chi connectivity index (χ3v) is 3.35. The molecule has 0 saturated heterocycles. The summed E-state index contributed by atoms with van der Waals surface area (Å²) in [5, 5.41) is 0. The second-order valence-electron chi connectivity index (χ2n) is 4.65. The van der Waals surface area contributed by atoms with Gasteiger partial charge in [-0.1, -0.05) is 72.8 Å². The van der Waals surface area contributed by atoms with Crippen molar-refractivity contribution in [2.24, 2.45) is 0 Å². The maximum Gasteiger partial charge on any atom is 0.150 e. The molecule has 1 nitrogen and oxygen atoms in total. The van der Waals surface area contributed by atoms with Crippen LogP contribution in [0.25, 0.3) is 23.3 Å². The van der Waals surface area contributed by atoms with Gasteiger partial charge in [0.05, 0.1) is 0 Å². The van der Waals surface area contributed by atoms with Gasteiger partial charge in [0.1, 0.15) is 0 Å². The molecule has 2 aliphatic carbocycles. The van der Waals surface area contributed by atoms with Gasteiger partial charge in [0, 0.05) is 5.56 Å². The van der Waals surface area contributed by atoms with Crippen LogP contribution in [0.1, 0.15) is 21.5 Å². The van der Waals surface area contributed by atoms with Crippen LogP contribution in [-0.4, -0.2) is 6.29 Å². The molecule has 0 amide bonds. The van der Waals surface area contributed by atoms with Crippen molar-refractivity contribution in [3.8, 4) is 11.1 Å². The Kier molecular flexibility index (Phi) is 3.42. The van der Waals surface area contributed by atoms with E-state index in [9.17, 15) is 4.79 Å². The minimum absolute atomic E-state index is 0.740. The van der Waals surface area contributed by atoms with Gasteiger partial charge in [0.2, 0.25) is 0 Å². The molecule has 0 aliphatic heterocycles. The zero-order chi connectivity index (χ0) is 13.8. The lowest BCUT2D eigenvalue weighted by Gasteiger charge is -1.96. The summed E-state index contributed by atoms with van der Waals surface area (Å²) in [7, 11) is 0. The largest absolute Gasteiger partial charge is 0.298 e. The smallest absolute Gasteiger partial charge is 0.150 e. The lowest BCUT2D eigenvalue weighted by atomic mass is 10.1. The molecule has 0 bridgehead atoms. The van der Waals surface area contributed by atoms with E-state index >= 15 is 0 Å². The molecule has 0 saturated carbocycles. The molecule has 20 heavy (non-hydrogen) atoms. The van der Waals surface area contributed by atoms with Crippen LogP contribution in [0.15, 0.2) is 66.7 Å². The van der Waals surface area contributed by atoms with Crippen molar-refractivity contribution in [2.75, 3.05) is 0 Å². The first-order chi connectivity index (χ1) is 9.88. The fraction of sp³-hybridized carbons (Fsp3) is 0. The molecule has 0 radical (unpaired) electrons. The van der Waals surface area contributed by atoms with Crippen LogP contribution in [0.5, 0.6) is 0 Å². The molecular formula is C19H14O. The maximum atomic E-state index is 11.2. The summed E-state index contributed by atoms with van der Waals surface area (Å²) in [6.07, 6.45) is 5.04. The Hall–Kier alpha value is -2.67. The topological polar surface area (TPSA) is 17.1 Å². The fourth-order valence-corrected chi connectivity index (χ4v) is 2.36. The highest BCUT2D eigenvalue weighted by atomic mass is 16.1. The van der Waals surface area contributed by atoms with Crippen molar-refractivity contribution in [1.29, 1.82) is 0 Å². The van der Waals surface area contributed by atoms with Gasteiger partial charge in [-0.05, 0) is 28.3 Å². The van der Waals surface area contributed by atoms with Crippen LogP contribution in [-0.2, 0) is 0 Å². The summed E-state index contributed by atoms with van der Waals surface area (Å²) in [6, 6.07) is 22.0. The second-order valence-corrected chi connectivity index (χ2v) is 4.65. The summed E-state index contributed by atoms with van der Waals surface area (Å²) < 4.78 is 0. The van der Waals surface area contributed by atoms with Crippen molar-refractivity contribution in [1.82, 2.24) is 0 Å². The monoisotopic (exact) mass is 258 g/mol. The molecule has 0 atom stereocenters. The molecule has 0 N–H and O–H groups in total. The molecule has 1 heteroatoms. The maximum absolute atomic E-state index is 11.2. The average Bonchev–Trinajstić information content (AvgIpc) is 2.67. The predicted octanol–water partition coefficient (Wildman–Crippen LogP) is 4.77. The highest BCUT2D eigenvalue weighted by Gasteiger charge is 2.11. The van der Waals surface area contributed by atoms with E-state index in [1.165, 1.54) is 0 Å². The van der Waals surface area contributed by atoms with Crippen LogP contribution in [0.3, 0.4) is 0 Å². The quantitative estimate of drug-likeness (QED) is 0.618. The van der Waals surface area contributed by atoms with Crippen LogP contribution >= 0.6 is 0 Å². The van der Waals surface area contributed by atoms with Crippen LogP contribution in [0.4, 0.5) is 0 Å². The Labute approximate surface area is 118 Å². The fourth-order valence-electron chi connectivity index (χ4n) is 2.36. The molecule has 0 aromatic heterocycles. The Morgan fingerprint density at radius 3 is 1.90 bits per heavy atom. The van der Waals surface area contributed by atoms with Crippen LogP contribution < -0.4 is 0 Å². The Balaban J connectivity index is 2.05. The number of hydrogen-bond acceptors (Lipinski definition) is 1. The van der Waals surface area contributed by atoms with Crippen molar-refractivity contribution in [3.63, 3.8) is 0 Å². The molecule has 0 fully saturated rings. The highest BCUT2D eigenvalue weighted by molar-refractivity contribution is 5.95. The minimum Gasteiger partial charge on any atom is -0.298 e. The zero-order valence-electron chi connectivity index (χ0n) is 11.0. The number of carbonyl (C=O) groups is 1. The van der Waals surface area contributed by atoms with E-state index in [-0.39, 0.29) is 0 Å². The Morgan fingerprint density at radius 1 is 0.650 bits per heavy atom. The Bertz CT molecular complexity index is 726. The van der Waals surface area contributed by atoms with Gasteiger partial charge >= 0.3 is 0 Å². The Morgan fingerprint density at radius 2 is 1.25 bits per heavy atom. The van der Waals surface area contributed by atoms with Gasteiger partial charge in [-0.2, -0.15) is 0 Å². The standard InChI is InChI=1S/C19H14O/c20-14-17-13-16(12-11-15-7-3-1-4-8-15)18-9-5-2-6-10-19(17)18/h1-14H/b12-11+. The number of hydrogen-bond donors (Lipinski definition) is 0. The van der Waals surface area contributed by atoms with E-state index in [1.807, 2.05) is 54.6 Å². The van der Waals surface area contributed by atoms with Gasteiger partial charge in [0.25, 0.3) is 0 Å². The molecule has 3 rings (SSSR count). The lowest BCUT2D eigenvalue weighted by Crippen LogP contribution is -1.75. The summed E-state index contributed by atoms with van der Waals surface area (Å²) in [5.74, 6) is 0. The number of fused-ring (bicyclic) bond motifs is 1. The third kappa shape index (κ3) is 2.39. The van der Waals surface area contributed by atoms with Crippen molar-refractivity contribution < 1.29 is 4.79 Å². The second kappa shape index (κ2) is 5.54. The molecule has 2 aliphatic rings. The average molecular weight is 258 g/mol. The highest BCUT2D eigenvalue weighted by Crippen LogP contribution is 2.32. The first-order valence-electron chi connectivity index (χ1n) is 6.58. The predicted molar refractivity (Wildman–Crippen MR) is 83.8 cm³/mol. The number of aldehydes is 1. The molecule has 0 spiro atoms. The van der Waals surface area contributed by atoms with E-state index in [0.29, 0.717) is 0 Å². The van der Waals surface area contributed by atoms with E-state index in [4.69, 9.17) is 0 Å². The summed E-state index contributed by atoms with van der Waals surface area (Å²) >= 11 is 0. The minimum atomic E-state index is 0.740. The molecular weight excluding hydrogens is 244 g/mol. The van der Waals surface area contributed by atoms with E-state index < -0.39 is 0 Å². The van der Waals surface area contributed by atoms with Gasteiger partial charge in [-0.15, -0.1) is 0 Å². The van der Waals surface area contributed by atoms with Gasteiger partial charge in [-0.25, -0.2) is 0 Å². The molecule has 96 valence electrons. The first kappa shape index (κ1) is 12.4. The van der Waals surface area contributed by atoms with Crippen LogP contribution in [0, 0.1) is 0 Å². The SMILES string of the molecule is O=Cc1cc(/C=C/c2ccccc2)c2cccccc1-2. The van der Waals surface area contributed by atoms with E-state index in [1.54, 1.807) is 0 Å². The van der Waals surface area contributed by atoms with Gasteiger partial charge in [-0.3, -0.25) is 4.79 Å². The lowest BCUT2D eigenvalue weighted by molar-refractivity contribution is 0.112. The third-order valence-electron chi connectivity index (χ3n) is 3.35. The normalized spacial score (nSPS) is 11.0. The van der Waals surface area contributed by atoms with E-state index in [0.717, 1.165) is 34.1 Å². The van der Waals surface area contributed by atoms with Crippen molar-refractivity contribution >= 4 is 18.4 Å². The summed E-state index contributed by atoms with van der Waals surface area (Å²) in [6.45, 7) is 0. The molecule has 0 heterocycles. The van der Waals surface area contributed by atoms with Crippen molar-refractivity contribution in [2.45, 2.75) is 0 Å². The summed E-state index contributed by atoms with van der Waals surface area (Å²) in [4.78, 5) is 11.2. The summed E-state index contributed by atoms with van der Waals surface area (Å²) in [5.41, 5.74) is 5.06. The first-order valence-corrected chi connectivity index (χ1v) is 6.58. The van der Waals surface area contributed by atoms with Crippen molar-refractivity contribution in [3.05, 3.63) is 83.4 Å². The number of carbonyl (C=O) groups excluding carboxylic acids is 1. The number of rotatable bonds is 3. The van der Waals surface area contributed by atoms with Gasteiger partial charge < -0.3 is 0 Å². The molecule has 1 aromatic carbocycles. The van der Waals surface area contributed by atoms with E-state index in [2.05, 4.69) is 24.3 Å². The van der Waals surface area contributed by atoms with Gasteiger partial charge in [0.15, 0.2) is 6.29 Å². The molecule has 1 aromatic rings. The number of benzene rings is 1. The zero-order valence-corrected chi connectivity index (χ0v) is 11.0. The van der Waals surface area contributed by atoms with Crippen LogP contribution in [0.2, 0.25) is 0 Å².